The number of sulfonamides is 1. The molecule has 1 aromatic carbocycles. The van der Waals surface area contributed by atoms with Gasteiger partial charge in [0.05, 0.1) is 11.0 Å². The number of ether oxygens (including phenoxy) is 1. The zero-order valence-electron chi connectivity index (χ0n) is 10.4. The average molecular weight is 413 g/mol. The van der Waals surface area contributed by atoms with Crippen molar-refractivity contribution in [3.63, 3.8) is 0 Å². The Morgan fingerprint density at radius 1 is 1.32 bits per heavy atom. The van der Waals surface area contributed by atoms with Crippen molar-refractivity contribution >= 4 is 41.9 Å². The Balaban J connectivity index is 2.23. The van der Waals surface area contributed by atoms with Crippen molar-refractivity contribution in [3.05, 3.63) is 27.1 Å². The highest BCUT2D eigenvalue weighted by atomic mass is 79.9. The number of nitrogens with one attached hydrogen (secondary N) is 1. The molecule has 2 unspecified atom stereocenters. The summed E-state index contributed by atoms with van der Waals surface area (Å²) in [5.74, 6) is 0. The van der Waals surface area contributed by atoms with Gasteiger partial charge in [-0.2, -0.15) is 0 Å². The van der Waals surface area contributed by atoms with Crippen molar-refractivity contribution in [1.82, 2.24) is 4.72 Å². The van der Waals surface area contributed by atoms with Crippen LogP contribution in [-0.2, 0) is 14.8 Å². The third kappa shape index (κ3) is 3.58. The van der Waals surface area contributed by atoms with Gasteiger partial charge in [-0.15, -0.1) is 0 Å². The molecule has 0 aliphatic heterocycles. The summed E-state index contributed by atoms with van der Waals surface area (Å²) in [5.41, 5.74) is 0. The number of methoxy groups -OCH3 is 1. The fourth-order valence-electron chi connectivity index (χ4n) is 2.30. The van der Waals surface area contributed by atoms with E-state index >= 15 is 0 Å². The van der Waals surface area contributed by atoms with E-state index in [-0.39, 0.29) is 17.0 Å². The molecule has 1 saturated carbocycles. The lowest BCUT2D eigenvalue weighted by Gasteiger charge is -2.20. The first kappa shape index (κ1) is 15.4. The minimum atomic E-state index is -3.53. The summed E-state index contributed by atoms with van der Waals surface area (Å²) in [4.78, 5) is 0.248. The lowest BCUT2D eigenvalue weighted by Crippen LogP contribution is -2.40. The number of hydrogen-bond acceptors (Lipinski definition) is 3. The van der Waals surface area contributed by atoms with Gasteiger partial charge in [0.15, 0.2) is 0 Å². The second-order valence-electron chi connectivity index (χ2n) is 4.51. The normalized spacial score (nSPS) is 23.7. The molecule has 0 bridgehead atoms. The number of rotatable bonds is 4. The number of benzene rings is 1. The Bertz CT molecular complexity index is 562. The monoisotopic (exact) mass is 411 g/mol. The van der Waals surface area contributed by atoms with Crippen LogP contribution in [0.25, 0.3) is 0 Å². The zero-order valence-corrected chi connectivity index (χ0v) is 14.4. The molecule has 0 amide bonds. The summed E-state index contributed by atoms with van der Waals surface area (Å²) < 4.78 is 34.2. The molecule has 0 heterocycles. The molecule has 4 nitrogen and oxygen atoms in total. The maximum atomic E-state index is 12.4. The fourth-order valence-corrected chi connectivity index (χ4v) is 5.34. The van der Waals surface area contributed by atoms with Crippen LogP contribution in [0.1, 0.15) is 19.3 Å². The van der Waals surface area contributed by atoms with Crippen molar-refractivity contribution in [1.29, 1.82) is 0 Å². The van der Waals surface area contributed by atoms with Gasteiger partial charge in [0.1, 0.15) is 0 Å². The maximum Gasteiger partial charge on any atom is 0.242 e. The molecule has 1 N–H and O–H groups in total. The zero-order chi connectivity index (χ0) is 14.0. The van der Waals surface area contributed by atoms with E-state index < -0.39 is 10.0 Å². The molecule has 2 rings (SSSR count). The fraction of sp³-hybridized carbons (Fsp3) is 0.500. The Labute approximate surface area is 130 Å². The first-order valence-electron chi connectivity index (χ1n) is 5.94. The van der Waals surface area contributed by atoms with Crippen molar-refractivity contribution < 1.29 is 13.2 Å². The van der Waals surface area contributed by atoms with Crippen LogP contribution in [0, 0.1) is 0 Å². The van der Waals surface area contributed by atoms with Gasteiger partial charge in [-0.3, -0.25) is 0 Å². The van der Waals surface area contributed by atoms with Gasteiger partial charge in [-0.1, -0.05) is 15.9 Å². The van der Waals surface area contributed by atoms with Crippen molar-refractivity contribution in [2.75, 3.05) is 7.11 Å². The molecule has 19 heavy (non-hydrogen) atoms. The van der Waals surface area contributed by atoms with Crippen molar-refractivity contribution in [3.8, 4) is 0 Å². The predicted molar refractivity (Wildman–Crippen MR) is 80.6 cm³/mol. The lowest BCUT2D eigenvalue weighted by molar-refractivity contribution is 0.0916. The average Bonchev–Trinajstić information content (AvgIpc) is 2.74. The number of halogens is 2. The molecule has 0 spiro atoms. The third-order valence-corrected chi connectivity index (χ3v) is 6.21. The molecule has 1 fully saturated rings. The summed E-state index contributed by atoms with van der Waals surface area (Å²) in [5, 5.41) is 0. The first-order valence-corrected chi connectivity index (χ1v) is 9.01. The molecule has 0 radical (unpaired) electrons. The largest absolute Gasteiger partial charge is 0.380 e. The van der Waals surface area contributed by atoms with Gasteiger partial charge < -0.3 is 4.74 Å². The van der Waals surface area contributed by atoms with Gasteiger partial charge in [0.2, 0.25) is 10.0 Å². The molecule has 106 valence electrons. The van der Waals surface area contributed by atoms with E-state index in [9.17, 15) is 8.42 Å². The topological polar surface area (TPSA) is 55.4 Å². The van der Waals surface area contributed by atoms with Gasteiger partial charge >= 0.3 is 0 Å². The highest BCUT2D eigenvalue weighted by Gasteiger charge is 2.31. The molecule has 7 heteroatoms. The van der Waals surface area contributed by atoms with Crippen LogP contribution in [0.5, 0.6) is 0 Å². The molecule has 1 aliphatic carbocycles. The Hall–Kier alpha value is 0.0500. The van der Waals surface area contributed by atoms with Crippen molar-refractivity contribution in [2.24, 2.45) is 0 Å². The smallest absolute Gasteiger partial charge is 0.242 e. The third-order valence-electron chi connectivity index (χ3n) is 3.25. The van der Waals surface area contributed by atoms with Crippen LogP contribution < -0.4 is 4.72 Å². The van der Waals surface area contributed by atoms with Gasteiger partial charge in [0.25, 0.3) is 0 Å². The highest BCUT2D eigenvalue weighted by molar-refractivity contribution is 9.11. The standard InChI is InChI=1S/C12H15Br2NO3S/c1-18-11-4-2-3-10(11)15-19(16,17)12-6-5-8(13)7-9(12)14/h5-7,10-11,15H,2-4H2,1H3. The second-order valence-corrected chi connectivity index (χ2v) is 7.96. The quantitative estimate of drug-likeness (QED) is 0.826. The van der Waals surface area contributed by atoms with Gasteiger partial charge in [0, 0.05) is 22.1 Å². The summed E-state index contributed by atoms with van der Waals surface area (Å²) >= 11 is 6.59. The van der Waals surface area contributed by atoms with Crippen LogP contribution in [-0.4, -0.2) is 27.7 Å². The molecule has 1 aromatic rings. The Morgan fingerprint density at radius 2 is 2.05 bits per heavy atom. The lowest BCUT2D eigenvalue weighted by atomic mass is 10.2. The van der Waals surface area contributed by atoms with Crippen LogP contribution in [0.2, 0.25) is 0 Å². The molecule has 2 atom stereocenters. The first-order chi connectivity index (χ1) is 8.94. The van der Waals surface area contributed by atoms with E-state index in [1.54, 1.807) is 25.3 Å². The predicted octanol–water partition coefficient (Wildman–Crippen LogP) is 3.06. The van der Waals surface area contributed by atoms with Gasteiger partial charge in [-0.25, -0.2) is 13.1 Å². The summed E-state index contributed by atoms with van der Waals surface area (Å²) in [7, 11) is -1.91. The summed E-state index contributed by atoms with van der Waals surface area (Å²) in [6.45, 7) is 0. The maximum absolute atomic E-state index is 12.4. The second kappa shape index (κ2) is 6.22. The van der Waals surface area contributed by atoms with E-state index in [4.69, 9.17) is 4.74 Å². The molecular formula is C12H15Br2NO3S. The van der Waals surface area contributed by atoms with Crippen molar-refractivity contribution in [2.45, 2.75) is 36.3 Å². The number of hydrogen-bond donors (Lipinski definition) is 1. The molecular weight excluding hydrogens is 398 g/mol. The highest BCUT2D eigenvalue weighted by Crippen LogP contribution is 2.28. The SMILES string of the molecule is COC1CCCC1NS(=O)(=O)c1ccc(Br)cc1Br. The van der Waals surface area contributed by atoms with Crippen LogP contribution in [0.3, 0.4) is 0 Å². The minimum absolute atomic E-state index is 0.0380. The van der Waals surface area contributed by atoms with Crippen LogP contribution in [0.15, 0.2) is 32.0 Å². The van der Waals surface area contributed by atoms with E-state index in [1.165, 1.54) is 0 Å². The van der Waals surface area contributed by atoms with Crippen LogP contribution >= 0.6 is 31.9 Å². The van der Waals surface area contributed by atoms with E-state index in [0.717, 1.165) is 23.7 Å². The Kier molecular flexibility index (Phi) is 5.05. The molecule has 0 aromatic heterocycles. The summed E-state index contributed by atoms with van der Waals surface area (Å²) in [6, 6.07) is 4.86. The molecule has 1 aliphatic rings. The molecule has 0 saturated heterocycles. The van der Waals surface area contributed by atoms with Gasteiger partial charge in [-0.05, 0) is 53.4 Å². The van der Waals surface area contributed by atoms with E-state index in [0.29, 0.717) is 4.47 Å². The minimum Gasteiger partial charge on any atom is -0.380 e. The van der Waals surface area contributed by atoms with Crippen LogP contribution in [0.4, 0.5) is 0 Å². The van der Waals surface area contributed by atoms with E-state index in [1.807, 2.05) is 0 Å². The van der Waals surface area contributed by atoms with E-state index in [2.05, 4.69) is 36.6 Å². The summed E-state index contributed by atoms with van der Waals surface area (Å²) in [6.07, 6.45) is 2.65. The Morgan fingerprint density at radius 3 is 2.68 bits per heavy atom.